The van der Waals surface area contributed by atoms with Crippen LogP contribution in [0.15, 0.2) is 52.3 Å². The summed E-state index contributed by atoms with van der Waals surface area (Å²) in [6, 6.07) is 16.2. The minimum atomic E-state index is 0.534. The number of hydrogen-bond acceptors (Lipinski definition) is 4. The van der Waals surface area contributed by atoms with E-state index in [1.165, 1.54) is 17.8 Å². The Labute approximate surface area is 144 Å². The normalized spacial score (nSPS) is 19.9. The topological polar surface area (TPSA) is 49.8 Å². The fourth-order valence-corrected chi connectivity index (χ4v) is 3.58. The van der Waals surface area contributed by atoms with E-state index in [1.807, 2.05) is 47.8 Å². The summed E-state index contributed by atoms with van der Waals surface area (Å²) >= 11 is 1.48. The Morgan fingerprint density at radius 3 is 2.79 bits per heavy atom. The molecule has 3 aromatic rings. The molecule has 3 nitrogen and oxygen atoms in total. The minimum Gasteiger partial charge on any atom is -0.461 e. The summed E-state index contributed by atoms with van der Waals surface area (Å²) in [5.74, 6) is 2.99. The van der Waals surface area contributed by atoms with E-state index < -0.39 is 0 Å². The number of hydrogen-bond donors (Lipinski definition) is 0. The van der Waals surface area contributed by atoms with Crippen molar-refractivity contribution in [2.24, 2.45) is 5.92 Å². The Hall–Kier alpha value is -2.64. The first kappa shape index (κ1) is 14.9. The summed E-state index contributed by atoms with van der Waals surface area (Å²) in [4.78, 5) is 4.60. The Morgan fingerprint density at radius 2 is 2.08 bits per heavy atom. The number of nitrogens with zero attached hydrogens (tertiary/aromatic N) is 2. The van der Waals surface area contributed by atoms with Crippen molar-refractivity contribution in [3.05, 3.63) is 64.4 Å². The molecule has 0 amide bonds. The van der Waals surface area contributed by atoms with Gasteiger partial charge in [0, 0.05) is 22.9 Å². The molecule has 0 aliphatic heterocycles. The third-order valence-electron chi connectivity index (χ3n) is 4.33. The van der Waals surface area contributed by atoms with Crippen molar-refractivity contribution < 1.29 is 4.42 Å². The monoisotopic (exact) mass is 332 g/mol. The summed E-state index contributed by atoms with van der Waals surface area (Å²) in [6.07, 6.45) is 2.97. The van der Waals surface area contributed by atoms with Crippen LogP contribution in [-0.2, 0) is 0 Å². The first-order valence-corrected chi connectivity index (χ1v) is 8.85. The SMILES string of the molecule is C[C@@H]1C[C@H]1c1ccc(/C=C(\C#N)c2nc(-c3ccccc3)cs2)o1. The largest absolute Gasteiger partial charge is 0.461 e. The molecule has 1 fully saturated rings. The molecular formula is C20H16N2OS. The molecule has 1 saturated carbocycles. The van der Waals surface area contributed by atoms with Gasteiger partial charge in [-0.3, -0.25) is 0 Å². The lowest BCUT2D eigenvalue weighted by molar-refractivity contribution is 0.498. The molecule has 1 aliphatic rings. The van der Waals surface area contributed by atoms with E-state index in [9.17, 15) is 5.26 Å². The third-order valence-corrected chi connectivity index (χ3v) is 5.21. The number of rotatable bonds is 4. The third kappa shape index (κ3) is 2.91. The van der Waals surface area contributed by atoms with Gasteiger partial charge in [-0.05, 0) is 24.5 Å². The predicted molar refractivity (Wildman–Crippen MR) is 96.3 cm³/mol. The quantitative estimate of drug-likeness (QED) is 0.585. The minimum absolute atomic E-state index is 0.534. The summed E-state index contributed by atoms with van der Waals surface area (Å²) in [6.45, 7) is 2.23. The molecule has 0 unspecified atom stereocenters. The molecule has 1 aliphatic carbocycles. The molecule has 24 heavy (non-hydrogen) atoms. The van der Waals surface area contributed by atoms with Crippen LogP contribution >= 0.6 is 11.3 Å². The highest BCUT2D eigenvalue weighted by molar-refractivity contribution is 7.11. The van der Waals surface area contributed by atoms with Crippen LogP contribution in [0.2, 0.25) is 0 Å². The van der Waals surface area contributed by atoms with E-state index in [-0.39, 0.29) is 0 Å². The van der Waals surface area contributed by atoms with Crippen LogP contribution < -0.4 is 0 Å². The number of benzene rings is 1. The maximum atomic E-state index is 9.50. The molecule has 0 saturated heterocycles. The second kappa shape index (κ2) is 6.10. The lowest BCUT2D eigenvalue weighted by Crippen LogP contribution is -1.82. The van der Waals surface area contributed by atoms with E-state index >= 15 is 0 Å². The Kier molecular flexibility index (Phi) is 3.79. The fourth-order valence-electron chi connectivity index (χ4n) is 2.79. The molecule has 1 aromatic carbocycles. The molecule has 0 spiro atoms. The molecule has 2 atom stereocenters. The average Bonchev–Trinajstić information content (AvgIpc) is 3.04. The van der Waals surface area contributed by atoms with E-state index in [0.717, 1.165) is 22.8 Å². The molecule has 2 heterocycles. The molecule has 0 N–H and O–H groups in total. The number of aromatic nitrogens is 1. The van der Waals surface area contributed by atoms with Crippen LogP contribution in [0.25, 0.3) is 22.9 Å². The van der Waals surface area contributed by atoms with E-state index in [4.69, 9.17) is 4.42 Å². The van der Waals surface area contributed by atoms with Gasteiger partial charge in [-0.1, -0.05) is 37.3 Å². The molecule has 0 bridgehead atoms. The van der Waals surface area contributed by atoms with E-state index in [0.29, 0.717) is 22.4 Å². The second-order valence-electron chi connectivity index (χ2n) is 6.13. The van der Waals surface area contributed by atoms with Gasteiger partial charge in [0.05, 0.1) is 11.3 Å². The van der Waals surface area contributed by atoms with Gasteiger partial charge in [0.15, 0.2) is 0 Å². The smallest absolute Gasteiger partial charge is 0.134 e. The van der Waals surface area contributed by atoms with Gasteiger partial charge in [0.1, 0.15) is 22.6 Å². The van der Waals surface area contributed by atoms with Crippen molar-refractivity contribution in [2.45, 2.75) is 19.3 Å². The van der Waals surface area contributed by atoms with Crippen LogP contribution in [0.4, 0.5) is 0 Å². The van der Waals surface area contributed by atoms with Gasteiger partial charge in [0.2, 0.25) is 0 Å². The van der Waals surface area contributed by atoms with Crippen molar-refractivity contribution in [3.63, 3.8) is 0 Å². The van der Waals surface area contributed by atoms with Gasteiger partial charge < -0.3 is 4.42 Å². The van der Waals surface area contributed by atoms with Crippen molar-refractivity contribution in [1.82, 2.24) is 4.98 Å². The van der Waals surface area contributed by atoms with Crippen LogP contribution in [0, 0.1) is 17.2 Å². The first-order valence-electron chi connectivity index (χ1n) is 7.97. The first-order chi connectivity index (χ1) is 11.7. The standard InChI is InChI=1S/C20H16N2OS/c1-13-9-17(13)19-8-7-16(23-19)10-15(11-21)20-22-18(12-24-20)14-5-3-2-4-6-14/h2-8,10,12-13,17H,9H2,1H3/b15-10+/t13-,17-/m1/s1. The maximum Gasteiger partial charge on any atom is 0.134 e. The average molecular weight is 332 g/mol. The van der Waals surface area contributed by atoms with Crippen LogP contribution in [0.5, 0.6) is 0 Å². The lowest BCUT2D eigenvalue weighted by Gasteiger charge is -1.95. The van der Waals surface area contributed by atoms with Crippen LogP contribution in [-0.4, -0.2) is 4.98 Å². The summed E-state index contributed by atoms with van der Waals surface area (Å²) < 4.78 is 5.87. The lowest BCUT2D eigenvalue weighted by atomic mass is 10.2. The van der Waals surface area contributed by atoms with Crippen molar-refractivity contribution in [1.29, 1.82) is 5.26 Å². The summed E-state index contributed by atoms with van der Waals surface area (Å²) in [5, 5.41) is 12.2. The molecule has 4 rings (SSSR count). The highest BCUT2D eigenvalue weighted by Gasteiger charge is 2.36. The fraction of sp³-hybridized carbons (Fsp3) is 0.200. The zero-order valence-corrected chi connectivity index (χ0v) is 14.1. The second-order valence-corrected chi connectivity index (χ2v) is 6.99. The van der Waals surface area contributed by atoms with Gasteiger partial charge in [-0.2, -0.15) is 5.26 Å². The van der Waals surface area contributed by atoms with Crippen molar-refractivity contribution >= 4 is 23.0 Å². The van der Waals surface area contributed by atoms with Gasteiger partial charge >= 0.3 is 0 Å². The van der Waals surface area contributed by atoms with Crippen LogP contribution in [0.3, 0.4) is 0 Å². The molecule has 2 aromatic heterocycles. The number of thiazole rings is 1. The molecule has 4 heteroatoms. The summed E-state index contributed by atoms with van der Waals surface area (Å²) in [7, 11) is 0. The van der Waals surface area contributed by atoms with Crippen molar-refractivity contribution in [2.75, 3.05) is 0 Å². The Morgan fingerprint density at radius 1 is 1.29 bits per heavy atom. The molecule has 118 valence electrons. The molecule has 0 radical (unpaired) electrons. The Balaban J connectivity index is 1.61. The zero-order chi connectivity index (χ0) is 16.5. The number of allylic oxidation sites excluding steroid dienone is 1. The van der Waals surface area contributed by atoms with Crippen molar-refractivity contribution in [3.8, 4) is 17.3 Å². The van der Waals surface area contributed by atoms with E-state index in [1.54, 1.807) is 6.08 Å². The summed E-state index contributed by atoms with van der Waals surface area (Å²) in [5.41, 5.74) is 2.48. The maximum absolute atomic E-state index is 9.50. The van der Waals surface area contributed by atoms with E-state index in [2.05, 4.69) is 18.0 Å². The molecular weight excluding hydrogens is 316 g/mol. The zero-order valence-electron chi connectivity index (χ0n) is 13.3. The predicted octanol–water partition coefficient (Wildman–Crippen LogP) is 5.59. The van der Waals surface area contributed by atoms with Gasteiger partial charge in [-0.15, -0.1) is 11.3 Å². The highest BCUT2D eigenvalue weighted by Crippen LogP contribution is 2.47. The van der Waals surface area contributed by atoms with Gasteiger partial charge in [-0.25, -0.2) is 4.98 Å². The Bertz CT molecular complexity index is 930. The van der Waals surface area contributed by atoms with Gasteiger partial charge in [0.25, 0.3) is 0 Å². The van der Waals surface area contributed by atoms with Crippen LogP contribution in [0.1, 0.15) is 35.8 Å². The number of nitriles is 1. The number of furan rings is 1. The highest BCUT2D eigenvalue weighted by atomic mass is 32.1.